The lowest BCUT2D eigenvalue weighted by molar-refractivity contribution is 0.0922. The maximum absolute atomic E-state index is 12.5. The molecule has 0 saturated heterocycles. The highest BCUT2D eigenvalue weighted by molar-refractivity contribution is 5.94. The maximum atomic E-state index is 12.5. The molecule has 0 radical (unpaired) electrons. The molecule has 0 spiro atoms. The van der Waals surface area contributed by atoms with Gasteiger partial charge in [0.2, 0.25) is 0 Å². The number of carbonyl (C=O) groups is 2. The van der Waals surface area contributed by atoms with E-state index in [1.165, 1.54) is 4.68 Å². The molecule has 0 aliphatic heterocycles. The predicted octanol–water partition coefficient (Wildman–Crippen LogP) is 1.22. The van der Waals surface area contributed by atoms with E-state index in [0.29, 0.717) is 30.1 Å². The fourth-order valence-electron chi connectivity index (χ4n) is 3.23. The predicted molar refractivity (Wildman–Crippen MR) is 92.9 cm³/mol. The van der Waals surface area contributed by atoms with E-state index in [1.807, 2.05) is 0 Å². The highest BCUT2D eigenvalue weighted by Crippen LogP contribution is 2.25. The van der Waals surface area contributed by atoms with Crippen LogP contribution < -0.4 is 10.6 Å². The molecule has 1 unspecified atom stereocenters. The highest BCUT2D eigenvalue weighted by atomic mass is 16.5. The van der Waals surface area contributed by atoms with Crippen molar-refractivity contribution in [3.05, 3.63) is 59.1 Å². The van der Waals surface area contributed by atoms with Gasteiger partial charge in [-0.2, -0.15) is 5.10 Å². The number of fused-ring (bicyclic) bond motifs is 1. The lowest BCUT2D eigenvalue weighted by Crippen LogP contribution is -2.40. The van der Waals surface area contributed by atoms with Crippen LogP contribution in [-0.4, -0.2) is 32.8 Å². The van der Waals surface area contributed by atoms with Crippen molar-refractivity contribution in [2.24, 2.45) is 7.05 Å². The Labute approximate surface area is 154 Å². The number of hydrogen-bond acceptors (Lipinski definition) is 6. The molecule has 3 aromatic rings. The first kappa shape index (κ1) is 17.1. The summed E-state index contributed by atoms with van der Waals surface area (Å²) in [6.07, 6.45) is 4.96. The number of hydrogen-bond donors (Lipinski definition) is 2. The van der Waals surface area contributed by atoms with Crippen LogP contribution in [0.3, 0.4) is 0 Å². The van der Waals surface area contributed by atoms with Gasteiger partial charge in [0.1, 0.15) is 17.2 Å². The molecule has 1 aliphatic rings. The topological polar surface area (TPSA) is 115 Å². The van der Waals surface area contributed by atoms with Crippen molar-refractivity contribution in [1.82, 2.24) is 25.6 Å². The molecule has 4 rings (SSSR count). The van der Waals surface area contributed by atoms with E-state index in [1.54, 1.807) is 37.7 Å². The van der Waals surface area contributed by atoms with Crippen molar-refractivity contribution < 1.29 is 18.5 Å². The number of rotatable bonds is 5. The van der Waals surface area contributed by atoms with Gasteiger partial charge in [-0.15, -0.1) is 0 Å². The van der Waals surface area contributed by atoms with Gasteiger partial charge in [0.15, 0.2) is 5.69 Å². The van der Waals surface area contributed by atoms with E-state index >= 15 is 0 Å². The van der Waals surface area contributed by atoms with Crippen LogP contribution in [0, 0.1) is 0 Å². The number of nitrogens with one attached hydrogen (secondary N) is 2. The Morgan fingerprint density at radius 3 is 2.96 bits per heavy atom. The van der Waals surface area contributed by atoms with Crippen molar-refractivity contribution in [2.75, 3.05) is 0 Å². The molecule has 2 N–H and O–H groups in total. The van der Waals surface area contributed by atoms with Crippen LogP contribution in [0.5, 0.6) is 0 Å². The van der Waals surface area contributed by atoms with Crippen LogP contribution in [0.1, 0.15) is 44.5 Å². The minimum atomic E-state index is -0.324. The molecule has 9 nitrogen and oxygen atoms in total. The largest absolute Gasteiger partial charge is 0.467 e. The van der Waals surface area contributed by atoms with Crippen LogP contribution in [0.25, 0.3) is 0 Å². The Morgan fingerprint density at radius 1 is 1.33 bits per heavy atom. The monoisotopic (exact) mass is 369 g/mol. The molecule has 27 heavy (non-hydrogen) atoms. The fraction of sp³-hybridized carbons (Fsp3) is 0.333. The molecule has 1 atom stereocenters. The average molecular weight is 369 g/mol. The van der Waals surface area contributed by atoms with Crippen molar-refractivity contribution in [1.29, 1.82) is 0 Å². The molecular formula is C18H19N5O4. The Bertz CT molecular complexity index is 956. The van der Waals surface area contributed by atoms with Crippen molar-refractivity contribution in [3.8, 4) is 0 Å². The van der Waals surface area contributed by atoms with E-state index < -0.39 is 0 Å². The SMILES string of the molecule is Cn1nccc1C(=O)NC1CCc2onc(C(=O)NCc3ccco3)c2C1. The van der Waals surface area contributed by atoms with E-state index in [2.05, 4.69) is 20.9 Å². The Hall–Kier alpha value is -3.36. The van der Waals surface area contributed by atoms with Crippen LogP contribution >= 0.6 is 0 Å². The first-order valence-corrected chi connectivity index (χ1v) is 8.68. The van der Waals surface area contributed by atoms with Gasteiger partial charge in [-0.25, -0.2) is 0 Å². The summed E-state index contributed by atoms with van der Waals surface area (Å²) in [6.45, 7) is 0.272. The lowest BCUT2D eigenvalue weighted by atomic mass is 9.91. The highest BCUT2D eigenvalue weighted by Gasteiger charge is 2.30. The second-order valence-electron chi connectivity index (χ2n) is 6.45. The minimum absolute atomic E-state index is 0.101. The standard InChI is InChI=1S/C18H19N5O4/c1-23-14(6-7-20-23)17(24)21-11-4-5-15-13(9-11)16(22-27-15)18(25)19-10-12-3-2-8-26-12/h2-3,6-8,11H,4-5,9-10H2,1H3,(H,19,25)(H,21,24). The van der Waals surface area contributed by atoms with E-state index in [-0.39, 0.29) is 30.1 Å². The Balaban J connectivity index is 1.43. The second-order valence-corrected chi connectivity index (χ2v) is 6.45. The van der Waals surface area contributed by atoms with E-state index in [4.69, 9.17) is 8.94 Å². The van der Waals surface area contributed by atoms with Crippen LogP contribution in [-0.2, 0) is 26.4 Å². The molecule has 0 saturated carbocycles. The third-order valence-electron chi connectivity index (χ3n) is 4.65. The number of carbonyl (C=O) groups excluding carboxylic acids is 2. The molecule has 0 fully saturated rings. The molecule has 1 aliphatic carbocycles. The Kier molecular flexibility index (Phi) is 4.49. The van der Waals surface area contributed by atoms with Gasteiger partial charge in [0, 0.05) is 31.3 Å². The molecule has 3 heterocycles. The third kappa shape index (κ3) is 3.48. The van der Waals surface area contributed by atoms with E-state index in [9.17, 15) is 9.59 Å². The van der Waals surface area contributed by atoms with Crippen LogP contribution in [0.4, 0.5) is 0 Å². The summed E-state index contributed by atoms with van der Waals surface area (Å²) in [6, 6.07) is 5.10. The number of aryl methyl sites for hydroxylation is 2. The summed E-state index contributed by atoms with van der Waals surface area (Å²) < 4.78 is 12.1. The van der Waals surface area contributed by atoms with Crippen molar-refractivity contribution in [3.63, 3.8) is 0 Å². The summed E-state index contributed by atoms with van der Waals surface area (Å²) >= 11 is 0. The van der Waals surface area contributed by atoms with Crippen LogP contribution in [0.15, 0.2) is 39.6 Å². The fourth-order valence-corrected chi connectivity index (χ4v) is 3.23. The molecule has 140 valence electrons. The normalized spacial score (nSPS) is 16.0. The maximum Gasteiger partial charge on any atom is 0.274 e. The average Bonchev–Trinajstić information content (AvgIpc) is 3.40. The first-order chi connectivity index (χ1) is 13.1. The van der Waals surface area contributed by atoms with Gasteiger partial charge in [-0.1, -0.05) is 5.16 Å². The summed E-state index contributed by atoms with van der Waals surface area (Å²) in [7, 11) is 1.72. The lowest BCUT2D eigenvalue weighted by Gasteiger charge is -2.22. The summed E-state index contributed by atoms with van der Waals surface area (Å²) in [4.78, 5) is 24.9. The minimum Gasteiger partial charge on any atom is -0.467 e. The summed E-state index contributed by atoms with van der Waals surface area (Å²) in [5, 5.41) is 13.7. The Morgan fingerprint density at radius 2 is 2.22 bits per heavy atom. The second kappa shape index (κ2) is 7.10. The zero-order chi connectivity index (χ0) is 18.8. The molecule has 9 heteroatoms. The molecule has 0 aromatic carbocycles. The number of furan rings is 1. The zero-order valence-electron chi connectivity index (χ0n) is 14.8. The molecule has 2 amide bonds. The van der Waals surface area contributed by atoms with Gasteiger partial charge >= 0.3 is 0 Å². The van der Waals surface area contributed by atoms with Crippen molar-refractivity contribution >= 4 is 11.8 Å². The molecule has 3 aromatic heterocycles. The summed E-state index contributed by atoms with van der Waals surface area (Å²) in [5.74, 6) is 0.838. The number of amides is 2. The van der Waals surface area contributed by atoms with Crippen LogP contribution in [0.2, 0.25) is 0 Å². The van der Waals surface area contributed by atoms with E-state index in [0.717, 1.165) is 12.0 Å². The van der Waals surface area contributed by atoms with Gasteiger partial charge in [-0.3, -0.25) is 14.3 Å². The van der Waals surface area contributed by atoms with Gasteiger partial charge in [-0.05, 0) is 31.0 Å². The van der Waals surface area contributed by atoms with Gasteiger partial charge in [0.25, 0.3) is 11.8 Å². The molecular weight excluding hydrogens is 350 g/mol. The first-order valence-electron chi connectivity index (χ1n) is 8.68. The number of nitrogens with zero attached hydrogens (tertiary/aromatic N) is 3. The zero-order valence-corrected chi connectivity index (χ0v) is 14.8. The quantitative estimate of drug-likeness (QED) is 0.699. The third-order valence-corrected chi connectivity index (χ3v) is 4.65. The van der Waals surface area contributed by atoms with Gasteiger partial charge < -0.3 is 19.6 Å². The van der Waals surface area contributed by atoms with Crippen molar-refractivity contribution in [2.45, 2.75) is 31.8 Å². The number of aromatic nitrogens is 3. The smallest absolute Gasteiger partial charge is 0.274 e. The summed E-state index contributed by atoms with van der Waals surface area (Å²) in [5.41, 5.74) is 1.49. The van der Waals surface area contributed by atoms with Gasteiger partial charge in [0.05, 0.1) is 12.8 Å². The molecule has 0 bridgehead atoms.